The van der Waals surface area contributed by atoms with Gasteiger partial charge in [-0.25, -0.2) is 0 Å². The first-order valence-electron chi connectivity index (χ1n) is 7.08. The molecule has 0 unspecified atom stereocenters. The fourth-order valence-corrected chi connectivity index (χ4v) is 3.27. The lowest BCUT2D eigenvalue weighted by Gasteiger charge is -2.19. The van der Waals surface area contributed by atoms with Gasteiger partial charge in [-0.05, 0) is 49.4 Å². The highest BCUT2D eigenvalue weighted by molar-refractivity contribution is 7.99. The van der Waals surface area contributed by atoms with Gasteiger partial charge in [0.15, 0.2) is 11.5 Å². The van der Waals surface area contributed by atoms with Crippen molar-refractivity contribution in [2.24, 2.45) is 0 Å². The predicted molar refractivity (Wildman–Crippen MR) is 85.5 cm³/mol. The van der Waals surface area contributed by atoms with Crippen LogP contribution in [0.4, 0.5) is 0 Å². The van der Waals surface area contributed by atoms with Crippen molar-refractivity contribution in [1.29, 1.82) is 0 Å². The lowest BCUT2D eigenvalue weighted by Crippen LogP contribution is -2.15. The van der Waals surface area contributed by atoms with Crippen LogP contribution in [0, 0.1) is 6.92 Å². The second-order valence-electron chi connectivity index (χ2n) is 5.04. The third-order valence-electron chi connectivity index (χ3n) is 3.36. The minimum Gasteiger partial charge on any atom is -0.486 e. The zero-order valence-electron chi connectivity index (χ0n) is 12.3. The van der Waals surface area contributed by atoms with Gasteiger partial charge in [-0.3, -0.25) is 0 Å². The summed E-state index contributed by atoms with van der Waals surface area (Å²) in [4.78, 5) is 2.44. The first-order chi connectivity index (χ1) is 10.3. The number of hydrogen-bond donors (Lipinski definition) is 1. The van der Waals surface area contributed by atoms with Gasteiger partial charge >= 0.3 is 0 Å². The molecule has 0 fully saturated rings. The molecule has 21 heavy (non-hydrogen) atoms. The van der Waals surface area contributed by atoms with E-state index in [0.29, 0.717) is 13.2 Å². The Kier molecular flexibility index (Phi) is 4.36. The fourth-order valence-electron chi connectivity index (χ4n) is 2.35. The fraction of sp³-hybridized carbons (Fsp3) is 0.294. The number of benzene rings is 2. The molecule has 0 aliphatic carbocycles. The minimum atomic E-state index is 0.624. The number of hydrogen-bond acceptors (Lipinski definition) is 4. The van der Waals surface area contributed by atoms with E-state index in [2.05, 4.69) is 42.6 Å². The van der Waals surface area contributed by atoms with E-state index in [-0.39, 0.29) is 0 Å². The molecule has 2 aromatic rings. The van der Waals surface area contributed by atoms with Crippen molar-refractivity contribution in [1.82, 2.24) is 5.32 Å². The van der Waals surface area contributed by atoms with Crippen LogP contribution in [0.15, 0.2) is 46.2 Å². The van der Waals surface area contributed by atoms with Crippen LogP contribution in [-0.4, -0.2) is 20.3 Å². The highest BCUT2D eigenvalue weighted by atomic mass is 32.2. The molecular weight excluding hydrogens is 282 g/mol. The number of fused-ring (bicyclic) bond motifs is 1. The summed E-state index contributed by atoms with van der Waals surface area (Å²) in [6.45, 7) is 4.31. The summed E-state index contributed by atoms with van der Waals surface area (Å²) in [5.41, 5.74) is 2.60. The molecule has 0 saturated carbocycles. The second-order valence-corrected chi connectivity index (χ2v) is 6.15. The van der Waals surface area contributed by atoms with E-state index in [0.717, 1.165) is 18.0 Å². The number of rotatable bonds is 4. The van der Waals surface area contributed by atoms with Crippen LogP contribution < -0.4 is 14.8 Å². The monoisotopic (exact) mass is 301 g/mol. The van der Waals surface area contributed by atoms with Gasteiger partial charge in [-0.1, -0.05) is 23.9 Å². The molecule has 1 aliphatic heterocycles. The highest BCUT2D eigenvalue weighted by Gasteiger charge is 2.12. The summed E-state index contributed by atoms with van der Waals surface area (Å²) >= 11 is 1.76. The van der Waals surface area contributed by atoms with Crippen molar-refractivity contribution in [2.75, 3.05) is 20.3 Å². The van der Waals surface area contributed by atoms with Gasteiger partial charge in [-0.15, -0.1) is 0 Å². The molecule has 2 aromatic carbocycles. The van der Waals surface area contributed by atoms with Crippen LogP contribution in [0.3, 0.4) is 0 Å². The zero-order valence-corrected chi connectivity index (χ0v) is 13.1. The van der Waals surface area contributed by atoms with E-state index in [1.165, 1.54) is 20.9 Å². The topological polar surface area (TPSA) is 30.5 Å². The molecule has 1 aliphatic rings. The average Bonchev–Trinajstić information content (AvgIpc) is 2.50. The largest absolute Gasteiger partial charge is 0.486 e. The maximum atomic E-state index is 5.64. The molecule has 0 atom stereocenters. The van der Waals surface area contributed by atoms with Crippen molar-refractivity contribution in [3.8, 4) is 11.5 Å². The van der Waals surface area contributed by atoms with E-state index in [4.69, 9.17) is 9.47 Å². The summed E-state index contributed by atoms with van der Waals surface area (Å²) in [6, 6.07) is 12.7. The van der Waals surface area contributed by atoms with Crippen LogP contribution in [0.1, 0.15) is 11.1 Å². The standard InChI is InChI=1S/C17H19NO2S/c1-12-9-13(11-18-2)3-6-17(12)21-14-4-5-15-16(10-14)20-8-7-19-15/h3-6,9-10,18H,7-8,11H2,1-2H3. The Bertz CT molecular complexity index is 643. The molecule has 1 heterocycles. The molecule has 110 valence electrons. The third-order valence-corrected chi connectivity index (χ3v) is 4.53. The lowest BCUT2D eigenvalue weighted by molar-refractivity contribution is 0.171. The Balaban J connectivity index is 1.80. The normalized spacial score (nSPS) is 13.2. The zero-order chi connectivity index (χ0) is 14.7. The molecule has 3 rings (SSSR count). The minimum absolute atomic E-state index is 0.624. The van der Waals surface area contributed by atoms with Crippen LogP contribution in [0.25, 0.3) is 0 Å². The quantitative estimate of drug-likeness (QED) is 0.934. The molecule has 3 nitrogen and oxygen atoms in total. The molecule has 0 saturated heterocycles. The Hall–Kier alpha value is -1.65. The van der Waals surface area contributed by atoms with Crippen molar-refractivity contribution < 1.29 is 9.47 Å². The van der Waals surface area contributed by atoms with E-state index < -0.39 is 0 Å². The van der Waals surface area contributed by atoms with Gasteiger partial charge in [0.1, 0.15) is 13.2 Å². The lowest BCUT2D eigenvalue weighted by atomic mass is 10.1. The van der Waals surface area contributed by atoms with Gasteiger partial charge in [0.05, 0.1) is 0 Å². The highest BCUT2D eigenvalue weighted by Crippen LogP contribution is 2.37. The maximum absolute atomic E-state index is 5.64. The molecule has 0 spiro atoms. The summed E-state index contributed by atoms with van der Waals surface area (Å²) in [5, 5.41) is 3.18. The molecule has 4 heteroatoms. The first kappa shape index (κ1) is 14.3. The first-order valence-corrected chi connectivity index (χ1v) is 7.89. The predicted octanol–water partition coefficient (Wildman–Crippen LogP) is 3.64. The number of nitrogens with one attached hydrogen (secondary N) is 1. The van der Waals surface area contributed by atoms with Gasteiger partial charge in [-0.2, -0.15) is 0 Å². The van der Waals surface area contributed by atoms with Gasteiger partial charge < -0.3 is 14.8 Å². The van der Waals surface area contributed by atoms with Gasteiger partial charge in [0, 0.05) is 16.3 Å². The van der Waals surface area contributed by atoms with Crippen LogP contribution in [0.2, 0.25) is 0 Å². The average molecular weight is 301 g/mol. The smallest absolute Gasteiger partial charge is 0.162 e. The van der Waals surface area contributed by atoms with Gasteiger partial charge in [0.2, 0.25) is 0 Å². The molecule has 0 radical (unpaired) electrons. The van der Waals surface area contributed by atoms with Crippen LogP contribution in [0.5, 0.6) is 11.5 Å². The molecular formula is C17H19NO2S. The van der Waals surface area contributed by atoms with Crippen LogP contribution >= 0.6 is 11.8 Å². The maximum Gasteiger partial charge on any atom is 0.162 e. The number of aryl methyl sites for hydroxylation is 1. The van der Waals surface area contributed by atoms with E-state index in [1.54, 1.807) is 11.8 Å². The summed E-state index contributed by atoms with van der Waals surface area (Å²) < 4.78 is 11.2. The molecule has 1 N–H and O–H groups in total. The summed E-state index contributed by atoms with van der Waals surface area (Å²) in [7, 11) is 1.97. The third kappa shape index (κ3) is 3.34. The number of ether oxygens (including phenoxy) is 2. The van der Waals surface area contributed by atoms with Crippen LogP contribution in [-0.2, 0) is 6.54 Å². The Morgan fingerprint density at radius 2 is 1.86 bits per heavy atom. The van der Waals surface area contributed by atoms with E-state index >= 15 is 0 Å². The Morgan fingerprint density at radius 1 is 1.05 bits per heavy atom. The Morgan fingerprint density at radius 3 is 2.62 bits per heavy atom. The Labute approximate surface area is 129 Å². The van der Waals surface area contributed by atoms with Crippen molar-refractivity contribution in [2.45, 2.75) is 23.3 Å². The van der Waals surface area contributed by atoms with Gasteiger partial charge in [0.25, 0.3) is 0 Å². The molecule has 0 amide bonds. The second kappa shape index (κ2) is 6.41. The summed E-state index contributed by atoms with van der Waals surface area (Å²) in [5.74, 6) is 1.68. The molecule has 0 bridgehead atoms. The summed E-state index contributed by atoms with van der Waals surface area (Å²) in [6.07, 6.45) is 0. The van der Waals surface area contributed by atoms with Crippen molar-refractivity contribution >= 4 is 11.8 Å². The SMILES string of the molecule is CNCc1ccc(Sc2ccc3c(c2)OCCO3)c(C)c1. The van der Waals surface area contributed by atoms with E-state index in [1.807, 2.05) is 13.1 Å². The van der Waals surface area contributed by atoms with Crippen molar-refractivity contribution in [3.05, 3.63) is 47.5 Å². The molecule has 0 aromatic heterocycles. The van der Waals surface area contributed by atoms with E-state index in [9.17, 15) is 0 Å². The van der Waals surface area contributed by atoms with Crippen molar-refractivity contribution in [3.63, 3.8) is 0 Å².